The summed E-state index contributed by atoms with van der Waals surface area (Å²) in [6.07, 6.45) is 3.77. The van der Waals surface area contributed by atoms with E-state index in [0.717, 1.165) is 50.5 Å². The molecule has 112 valence electrons. The van der Waals surface area contributed by atoms with Crippen molar-refractivity contribution in [3.63, 3.8) is 0 Å². The van der Waals surface area contributed by atoms with Gasteiger partial charge in [-0.15, -0.1) is 0 Å². The molecular formula is C16H27N3O. The molecule has 0 atom stereocenters. The molecule has 0 radical (unpaired) electrons. The fraction of sp³-hybridized carbons (Fsp3) is 0.688. The monoisotopic (exact) mass is 277 g/mol. The Balaban J connectivity index is 2.00. The molecule has 1 aromatic rings. The van der Waals surface area contributed by atoms with E-state index in [1.54, 1.807) is 0 Å². The molecule has 4 nitrogen and oxygen atoms in total. The van der Waals surface area contributed by atoms with Crippen molar-refractivity contribution in [2.24, 2.45) is 0 Å². The summed E-state index contributed by atoms with van der Waals surface area (Å²) >= 11 is 0. The van der Waals surface area contributed by atoms with E-state index >= 15 is 0 Å². The smallest absolute Gasteiger partial charge is 0.129 e. The summed E-state index contributed by atoms with van der Waals surface area (Å²) in [5.74, 6) is 1.12. The van der Waals surface area contributed by atoms with E-state index in [1.165, 1.54) is 12.0 Å². The number of rotatable bonds is 6. The number of nitrogens with one attached hydrogen (secondary N) is 1. The second-order valence-corrected chi connectivity index (χ2v) is 5.57. The summed E-state index contributed by atoms with van der Waals surface area (Å²) in [7, 11) is 1.81. The van der Waals surface area contributed by atoms with E-state index in [2.05, 4.69) is 36.2 Å². The summed E-state index contributed by atoms with van der Waals surface area (Å²) in [6.45, 7) is 8.34. The number of methoxy groups -OCH3 is 1. The van der Waals surface area contributed by atoms with E-state index in [0.29, 0.717) is 6.10 Å². The minimum Gasteiger partial charge on any atom is -0.381 e. The van der Waals surface area contributed by atoms with Crippen LogP contribution in [0.3, 0.4) is 0 Å². The van der Waals surface area contributed by atoms with Gasteiger partial charge >= 0.3 is 0 Å². The highest BCUT2D eigenvalue weighted by Crippen LogP contribution is 2.21. The van der Waals surface area contributed by atoms with E-state index in [9.17, 15) is 0 Å². The van der Waals surface area contributed by atoms with Gasteiger partial charge in [0.1, 0.15) is 5.82 Å². The SMILES string of the molecule is CCCNCc1cc(C)nc(N2CCC(OC)CC2)c1. The molecule has 4 heteroatoms. The third-order valence-corrected chi connectivity index (χ3v) is 3.85. The normalized spacial score (nSPS) is 16.6. The molecular weight excluding hydrogens is 250 g/mol. The molecule has 0 unspecified atom stereocenters. The van der Waals surface area contributed by atoms with Crippen LogP contribution in [0.5, 0.6) is 0 Å². The van der Waals surface area contributed by atoms with Crippen molar-refractivity contribution in [3.8, 4) is 0 Å². The van der Waals surface area contributed by atoms with Gasteiger partial charge in [0.2, 0.25) is 0 Å². The standard InChI is InChI=1S/C16H27N3O/c1-4-7-17-12-14-10-13(2)18-16(11-14)19-8-5-15(20-3)6-9-19/h10-11,15,17H,4-9,12H2,1-3H3. The van der Waals surface area contributed by atoms with E-state index < -0.39 is 0 Å². The molecule has 0 aromatic carbocycles. The lowest BCUT2D eigenvalue weighted by atomic mass is 10.1. The van der Waals surface area contributed by atoms with Crippen LogP contribution < -0.4 is 10.2 Å². The zero-order chi connectivity index (χ0) is 14.4. The van der Waals surface area contributed by atoms with Crippen molar-refractivity contribution in [2.45, 2.75) is 45.8 Å². The summed E-state index contributed by atoms with van der Waals surface area (Å²) in [5, 5.41) is 3.46. The van der Waals surface area contributed by atoms with Gasteiger partial charge in [0.25, 0.3) is 0 Å². The maximum absolute atomic E-state index is 5.43. The number of aromatic nitrogens is 1. The van der Waals surface area contributed by atoms with Gasteiger partial charge in [-0.1, -0.05) is 6.92 Å². The van der Waals surface area contributed by atoms with Gasteiger partial charge in [0.15, 0.2) is 0 Å². The van der Waals surface area contributed by atoms with Crippen LogP contribution in [0.2, 0.25) is 0 Å². The molecule has 0 bridgehead atoms. The molecule has 20 heavy (non-hydrogen) atoms. The number of ether oxygens (including phenoxy) is 1. The number of hydrogen-bond acceptors (Lipinski definition) is 4. The first-order valence-electron chi connectivity index (χ1n) is 7.69. The van der Waals surface area contributed by atoms with Crippen LogP contribution in [0.4, 0.5) is 5.82 Å². The fourth-order valence-corrected chi connectivity index (χ4v) is 2.72. The molecule has 1 N–H and O–H groups in total. The summed E-state index contributed by atoms with van der Waals surface area (Å²) in [5.41, 5.74) is 2.43. The van der Waals surface area contributed by atoms with Crippen molar-refractivity contribution >= 4 is 5.82 Å². The van der Waals surface area contributed by atoms with Crippen LogP contribution in [-0.2, 0) is 11.3 Å². The predicted octanol–water partition coefficient (Wildman–Crippen LogP) is 2.50. The Hall–Kier alpha value is -1.13. The molecule has 0 saturated carbocycles. The lowest BCUT2D eigenvalue weighted by Gasteiger charge is -2.32. The molecule has 1 aliphatic heterocycles. The highest BCUT2D eigenvalue weighted by atomic mass is 16.5. The van der Waals surface area contributed by atoms with Gasteiger partial charge in [0, 0.05) is 32.4 Å². The van der Waals surface area contributed by atoms with E-state index in [1.807, 2.05) is 7.11 Å². The molecule has 1 saturated heterocycles. The minimum atomic E-state index is 0.418. The maximum atomic E-state index is 5.43. The van der Waals surface area contributed by atoms with Crippen LogP contribution in [0.15, 0.2) is 12.1 Å². The number of pyridine rings is 1. The molecule has 2 rings (SSSR count). The third-order valence-electron chi connectivity index (χ3n) is 3.85. The van der Waals surface area contributed by atoms with E-state index in [4.69, 9.17) is 9.72 Å². The molecule has 1 aliphatic rings. The van der Waals surface area contributed by atoms with Crippen molar-refractivity contribution in [1.29, 1.82) is 0 Å². The molecule has 0 amide bonds. The summed E-state index contributed by atoms with van der Waals surface area (Å²) in [4.78, 5) is 7.07. The average molecular weight is 277 g/mol. The lowest BCUT2D eigenvalue weighted by Crippen LogP contribution is -2.37. The van der Waals surface area contributed by atoms with Gasteiger partial charge in [-0.3, -0.25) is 0 Å². The molecule has 0 aliphatic carbocycles. The second-order valence-electron chi connectivity index (χ2n) is 5.57. The van der Waals surface area contributed by atoms with Gasteiger partial charge in [-0.2, -0.15) is 0 Å². The largest absolute Gasteiger partial charge is 0.381 e. The van der Waals surface area contributed by atoms with Crippen molar-refractivity contribution in [1.82, 2.24) is 10.3 Å². The van der Waals surface area contributed by atoms with Crippen LogP contribution >= 0.6 is 0 Å². The summed E-state index contributed by atoms with van der Waals surface area (Å²) < 4.78 is 5.43. The summed E-state index contributed by atoms with van der Waals surface area (Å²) in [6, 6.07) is 4.40. The van der Waals surface area contributed by atoms with Gasteiger partial charge < -0.3 is 15.0 Å². The maximum Gasteiger partial charge on any atom is 0.129 e. The van der Waals surface area contributed by atoms with Gasteiger partial charge in [0.05, 0.1) is 6.10 Å². The first-order valence-corrected chi connectivity index (χ1v) is 7.69. The number of anilines is 1. The van der Waals surface area contributed by atoms with Gasteiger partial charge in [-0.05, 0) is 50.4 Å². The Morgan fingerprint density at radius 3 is 2.75 bits per heavy atom. The Kier molecular flexibility index (Phi) is 5.80. The highest BCUT2D eigenvalue weighted by molar-refractivity contribution is 5.43. The molecule has 1 fully saturated rings. The zero-order valence-electron chi connectivity index (χ0n) is 13.0. The van der Waals surface area contributed by atoms with Crippen LogP contribution in [0.1, 0.15) is 37.4 Å². The molecule has 1 aromatic heterocycles. The second kappa shape index (κ2) is 7.60. The van der Waals surface area contributed by atoms with Crippen LogP contribution in [0, 0.1) is 6.92 Å². The Morgan fingerprint density at radius 2 is 2.10 bits per heavy atom. The number of nitrogens with zero attached hydrogens (tertiary/aromatic N) is 2. The Bertz CT molecular complexity index is 414. The number of aryl methyl sites for hydroxylation is 1. The highest BCUT2D eigenvalue weighted by Gasteiger charge is 2.20. The van der Waals surface area contributed by atoms with E-state index in [-0.39, 0.29) is 0 Å². The Labute approximate surface area is 122 Å². The number of hydrogen-bond donors (Lipinski definition) is 1. The van der Waals surface area contributed by atoms with Crippen LogP contribution in [0.25, 0.3) is 0 Å². The van der Waals surface area contributed by atoms with Crippen molar-refractivity contribution < 1.29 is 4.74 Å². The first kappa shape index (κ1) is 15.3. The van der Waals surface area contributed by atoms with Crippen molar-refractivity contribution in [3.05, 3.63) is 23.4 Å². The predicted molar refractivity (Wildman–Crippen MR) is 83.2 cm³/mol. The third kappa shape index (κ3) is 4.18. The van der Waals surface area contributed by atoms with Gasteiger partial charge in [-0.25, -0.2) is 4.98 Å². The zero-order valence-corrected chi connectivity index (χ0v) is 13.0. The lowest BCUT2D eigenvalue weighted by molar-refractivity contribution is 0.0818. The van der Waals surface area contributed by atoms with Crippen LogP contribution in [-0.4, -0.2) is 37.8 Å². The molecule has 0 spiro atoms. The quantitative estimate of drug-likeness (QED) is 0.811. The topological polar surface area (TPSA) is 37.4 Å². The average Bonchev–Trinajstić information content (AvgIpc) is 2.47. The van der Waals surface area contributed by atoms with Crippen molar-refractivity contribution in [2.75, 3.05) is 31.6 Å². The number of piperidine rings is 1. The minimum absolute atomic E-state index is 0.418. The fourth-order valence-electron chi connectivity index (χ4n) is 2.72. The molecule has 2 heterocycles. The first-order chi connectivity index (χ1) is 9.72. The Morgan fingerprint density at radius 1 is 1.35 bits per heavy atom.